The highest BCUT2D eigenvalue weighted by molar-refractivity contribution is 5.81. The lowest BCUT2D eigenvalue weighted by atomic mass is 10.2. The number of fused-ring (bicyclic) bond motifs is 1. The summed E-state index contributed by atoms with van der Waals surface area (Å²) in [4.78, 5) is 9.95. The average Bonchev–Trinajstić information content (AvgIpc) is 2.81. The number of pyridine rings is 1. The Balaban J connectivity index is 1.95. The number of ether oxygens (including phenoxy) is 1. The van der Waals surface area contributed by atoms with Gasteiger partial charge in [0, 0.05) is 18.5 Å². The van der Waals surface area contributed by atoms with Gasteiger partial charge in [-0.15, -0.1) is 0 Å². The zero-order valence-electron chi connectivity index (χ0n) is 10.4. The van der Waals surface area contributed by atoms with Gasteiger partial charge in [-0.1, -0.05) is 5.92 Å². The predicted octanol–water partition coefficient (Wildman–Crippen LogP) is 1.77. The van der Waals surface area contributed by atoms with E-state index in [9.17, 15) is 0 Å². The van der Waals surface area contributed by atoms with E-state index in [4.69, 9.17) is 4.74 Å². The van der Waals surface area contributed by atoms with Crippen molar-refractivity contribution in [1.82, 2.24) is 9.97 Å². The number of H-pyrrole nitrogens is 1. The van der Waals surface area contributed by atoms with E-state index in [1.807, 2.05) is 19.2 Å². The third-order valence-corrected chi connectivity index (χ3v) is 3.09. The molecular weight excluding hydrogens is 226 g/mol. The summed E-state index contributed by atoms with van der Waals surface area (Å²) >= 11 is 0. The highest BCUT2D eigenvalue weighted by atomic mass is 16.5. The fourth-order valence-electron chi connectivity index (χ4n) is 2.20. The number of aromatic amines is 1. The van der Waals surface area contributed by atoms with Crippen LogP contribution >= 0.6 is 0 Å². The molecule has 1 fully saturated rings. The number of aromatic nitrogens is 2. The molecule has 92 valence electrons. The highest BCUT2D eigenvalue weighted by Gasteiger charge is 2.12. The molecular formula is C14H15N3O. The second-order valence-electron chi connectivity index (χ2n) is 4.29. The summed E-state index contributed by atoms with van der Waals surface area (Å²) in [5, 5.41) is 1.11. The van der Waals surface area contributed by atoms with Crippen LogP contribution in [0.2, 0.25) is 0 Å². The minimum atomic E-state index is 0.789. The molecule has 0 atom stereocenters. The van der Waals surface area contributed by atoms with Gasteiger partial charge >= 0.3 is 0 Å². The summed E-state index contributed by atoms with van der Waals surface area (Å²) in [5.74, 6) is 5.90. The molecule has 1 aliphatic rings. The molecule has 1 N–H and O–H groups in total. The molecule has 0 saturated carbocycles. The molecule has 0 radical (unpaired) electrons. The SMILES string of the molecule is CC#Cc1cc2cc(N3CCOCC3)cnc2[nH]1. The first-order valence-corrected chi connectivity index (χ1v) is 6.11. The van der Waals surface area contributed by atoms with E-state index in [1.165, 1.54) is 0 Å². The Morgan fingerprint density at radius 1 is 1.33 bits per heavy atom. The van der Waals surface area contributed by atoms with Crippen LogP contribution in [0.4, 0.5) is 5.69 Å². The van der Waals surface area contributed by atoms with Gasteiger partial charge in [0.1, 0.15) is 5.65 Å². The van der Waals surface area contributed by atoms with Gasteiger partial charge in [0.15, 0.2) is 0 Å². The molecule has 0 amide bonds. The second kappa shape index (κ2) is 4.71. The maximum atomic E-state index is 5.36. The van der Waals surface area contributed by atoms with Crippen molar-refractivity contribution in [1.29, 1.82) is 0 Å². The topological polar surface area (TPSA) is 41.1 Å². The van der Waals surface area contributed by atoms with Crippen molar-refractivity contribution in [2.45, 2.75) is 6.92 Å². The van der Waals surface area contributed by atoms with Crippen molar-refractivity contribution in [3.63, 3.8) is 0 Å². The van der Waals surface area contributed by atoms with Gasteiger partial charge in [0.25, 0.3) is 0 Å². The van der Waals surface area contributed by atoms with Crippen molar-refractivity contribution in [3.05, 3.63) is 24.0 Å². The van der Waals surface area contributed by atoms with Crippen molar-refractivity contribution in [3.8, 4) is 11.8 Å². The first-order chi connectivity index (χ1) is 8.86. The van der Waals surface area contributed by atoms with Gasteiger partial charge in [-0.3, -0.25) is 0 Å². The normalized spacial score (nSPS) is 15.5. The Hall–Kier alpha value is -1.99. The van der Waals surface area contributed by atoms with Crippen LogP contribution < -0.4 is 4.90 Å². The van der Waals surface area contributed by atoms with Gasteiger partial charge in [-0.25, -0.2) is 4.98 Å². The van der Waals surface area contributed by atoms with E-state index >= 15 is 0 Å². The summed E-state index contributed by atoms with van der Waals surface area (Å²) in [6, 6.07) is 4.20. The molecule has 0 aromatic carbocycles. The molecule has 3 heterocycles. The van der Waals surface area contributed by atoms with E-state index in [0.717, 1.165) is 48.7 Å². The van der Waals surface area contributed by atoms with E-state index in [1.54, 1.807) is 0 Å². The van der Waals surface area contributed by atoms with Crippen LogP contribution in [-0.4, -0.2) is 36.3 Å². The van der Waals surface area contributed by atoms with Crippen molar-refractivity contribution >= 4 is 16.7 Å². The fraction of sp³-hybridized carbons (Fsp3) is 0.357. The van der Waals surface area contributed by atoms with E-state index in [0.29, 0.717) is 0 Å². The molecule has 0 unspecified atom stereocenters. The lowest BCUT2D eigenvalue weighted by Gasteiger charge is -2.28. The summed E-state index contributed by atoms with van der Waals surface area (Å²) in [7, 11) is 0. The Labute approximate surface area is 106 Å². The van der Waals surface area contributed by atoms with Crippen LogP contribution in [0.25, 0.3) is 11.0 Å². The first-order valence-electron chi connectivity index (χ1n) is 6.11. The number of rotatable bonds is 1. The summed E-state index contributed by atoms with van der Waals surface area (Å²) in [6.45, 7) is 5.27. The van der Waals surface area contributed by atoms with Gasteiger partial charge in [0.2, 0.25) is 0 Å². The molecule has 1 saturated heterocycles. The van der Waals surface area contributed by atoms with E-state index < -0.39 is 0 Å². The molecule has 1 aliphatic heterocycles. The fourth-order valence-corrected chi connectivity index (χ4v) is 2.20. The van der Waals surface area contributed by atoms with Crippen LogP contribution in [0, 0.1) is 11.8 Å². The monoisotopic (exact) mass is 241 g/mol. The molecule has 0 spiro atoms. The quantitative estimate of drug-likeness (QED) is 0.774. The lowest BCUT2D eigenvalue weighted by molar-refractivity contribution is 0.122. The van der Waals surface area contributed by atoms with Gasteiger partial charge in [-0.2, -0.15) is 0 Å². The van der Waals surface area contributed by atoms with Gasteiger partial charge < -0.3 is 14.6 Å². The highest BCUT2D eigenvalue weighted by Crippen LogP contribution is 2.21. The van der Waals surface area contributed by atoms with Crippen molar-refractivity contribution in [2.24, 2.45) is 0 Å². The second-order valence-corrected chi connectivity index (χ2v) is 4.29. The molecule has 0 aliphatic carbocycles. The van der Waals surface area contributed by atoms with Crippen molar-refractivity contribution < 1.29 is 4.74 Å². The van der Waals surface area contributed by atoms with E-state index in [2.05, 4.69) is 32.8 Å². The number of anilines is 1. The minimum absolute atomic E-state index is 0.789. The number of hydrogen-bond acceptors (Lipinski definition) is 3. The number of nitrogens with zero attached hydrogens (tertiary/aromatic N) is 2. The number of morpholine rings is 1. The Bertz CT molecular complexity index is 615. The van der Waals surface area contributed by atoms with Gasteiger partial charge in [-0.05, 0) is 25.0 Å². The molecule has 2 aromatic rings. The Kier molecular flexibility index (Phi) is 2.91. The van der Waals surface area contributed by atoms with Crippen molar-refractivity contribution in [2.75, 3.05) is 31.2 Å². The third kappa shape index (κ3) is 2.05. The van der Waals surface area contributed by atoms with Crippen LogP contribution in [0.15, 0.2) is 18.3 Å². The predicted molar refractivity (Wildman–Crippen MR) is 71.7 cm³/mol. The molecule has 18 heavy (non-hydrogen) atoms. The summed E-state index contributed by atoms with van der Waals surface area (Å²) < 4.78 is 5.36. The smallest absolute Gasteiger partial charge is 0.138 e. The number of hydrogen-bond donors (Lipinski definition) is 1. The Morgan fingerprint density at radius 2 is 2.17 bits per heavy atom. The van der Waals surface area contributed by atoms with Crippen LogP contribution in [0.3, 0.4) is 0 Å². The molecule has 2 aromatic heterocycles. The van der Waals surface area contributed by atoms with Crippen LogP contribution in [-0.2, 0) is 4.74 Å². The van der Waals surface area contributed by atoms with Gasteiger partial charge in [0.05, 0.1) is 30.8 Å². The zero-order chi connectivity index (χ0) is 12.4. The zero-order valence-corrected chi connectivity index (χ0v) is 10.4. The summed E-state index contributed by atoms with van der Waals surface area (Å²) in [5.41, 5.74) is 2.96. The molecule has 4 heteroatoms. The summed E-state index contributed by atoms with van der Waals surface area (Å²) in [6.07, 6.45) is 1.91. The maximum Gasteiger partial charge on any atom is 0.138 e. The minimum Gasteiger partial charge on any atom is -0.378 e. The number of nitrogens with one attached hydrogen (secondary N) is 1. The average molecular weight is 241 g/mol. The molecule has 3 rings (SSSR count). The van der Waals surface area contributed by atoms with E-state index in [-0.39, 0.29) is 0 Å². The molecule has 4 nitrogen and oxygen atoms in total. The lowest BCUT2D eigenvalue weighted by Crippen LogP contribution is -2.36. The molecule has 0 bridgehead atoms. The standard InChI is InChI=1S/C14H15N3O/c1-2-3-12-8-11-9-13(10-15-14(11)16-12)17-4-6-18-7-5-17/h8-10H,4-7H2,1H3,(H,15,16). The Morgan fingerprint density at radius 3 is 2.94 bits per heavy atom. The maximum absolute atomic E-state index is 5.36. The first kappa shape index (κ1) is 11.1. The van der Waals surface area contributed by atoms with Crippen LogP contribution in [0.5, 0.6) is 0 Å². The largest absolute Gasteiger partial charge is 0.378 e. The third-order valence-electron chi connectivity index (χ3n) is 3.09. The van der Waals surface area contributed by atoms with Crippen LogP contribution in [0.1, 0.15) is 12.6 Å².